The summed E-state index contributed by atoms with van der Waals surface area (Å²) in [6.45, 7) is 5.96. The zero-order chi connectivity index (χ0) is 22.3. The standard InChI is InChI=1S/C24H33ClN6S/c1-18-10-6-9-15-31(18)22-16-21(30-13-7-2-3-8-14-30)27-23(28-22)29-24(32)26-17-19-11-4-5-12-20(19)25/h4-5,11-12,16,18H,2-3,6-10,13-15,17H2,1H3,(H2,26,27,28,29,32)/t18-/m1/s1. The maximum absolute atomic E-state index is 6.27. The first-order chi connectivity index (χ1) is 15.6. The fourth-order valence-electron chi connectivity index (χ4n) is 4.49. The summed E-state index contributed by atoms with van der Waals surface area (Å²) in [6.07, 6.45) is 8.68. The molecule has 2 fully saturated rings. The van der Waals surface area contributed by atoms with Gasteiger partial charge in [0, 0.05) is 43.3 Å². The number of thiocarbonyl (C=S) groups is 1. The van der Waals surface area contributed by atoms with Gasteiger partial charge in [-0.2, -0.15) is 9.97 Å². The third-order valence-corrected chi connectivity index (χ3v) is 6.96. The number of anilines is 3. The predicted molar refractivity (Wildman–Crippen MR) is 138 cm³/mol. The van der Waals surface area contributed by atoms with Gasteiger partial charge < -0.3 is 20.4 Å². The van der Waals surface area contributed by atoms with E-state index in [1.54, 1.807) is 0 Å². The van der Waals surface area contributed by atoms with E-state index >= 15 is 0 Å². The van der Waals surface area contributed by atoms with E-state index < -0.39 is 0 Å². The van der Waals surface area contributed by atoms with Gasteiger partial charge in [0.15, 0.2) is 5.11 Å². The molecule has 6 nitrogen and oxygen atoms in total. The second kappa shape index (κ2) is 11.1. The molecular formula is C24H33ClN6S. The lowest BCUT2D eigenvalue weighted by atomic mass is 10.0. The number of halogens is 1. The van der Waals surface area contributed by atoms with Crippen LogP contribution in [0.4, 0.5) is 17.6 Å². The Morgan fingerprint density at radius 3 is 2.50 bits per heavy atom. The quantitative estimate of drug-likeness (QED) is 0.567. The van der Waals surface area contributed by atoms with Crippen molar-refractivity contribution < 1.29 is 0 Å². The number of piperidine rings is 1. The molecule has 0 unspecified atom stereocenters. The summed E-state index contributed by atoms with van der Waals surface area (Å²) in [5, 5.41) is 7.68. The average molecular weight is 473 g/mol. The Labute approximate surface area is 201 Å². The topological polar surface area (TPSA) is 56.3 Å². The molecule has 2 aliphatic heterocycles. The van der Waals surface area contributed by atoms with Crippen LogP contribution in [0.15, 0.2) is 30.3 Å². The number of benzene rings is 1. The monoisotopic (exact) mass is 472 g/mol. The summed E-state index contributed by atoms with van der Waals surface area (Å²) in [7, 11) is 0. The molecule has 2 aliphatic rings. The van der Waals surface area contributed by atoms with E-state index in [2.05, 4.69) is 33.4 Å². The van der Waals surface area contributed by atoms with Crippen molar-refractivity contribution in [3.63, 3.8) is 0 Å². The summed E-state index contributed by atoms with van der Waals surface area (Å²) in [5.41, 5.74) is 1.00. The van der Waals surface area contributed by atoms with Crippen LogP contribution in [0, 0.1) is 0 Å². The van der Waals surface area contributed by atoms with Gasteiger partial charge in [-0.15, -0.1) is 0 Å². The van der Waals surface area contributed by atoms with Crippen molar-refractivity contribution in [3.8, 4) is 0 Å². The number of nitrogens with zero attached hydrogens (tertiary/aromatic N) is 4. The van der Waals surface area contributed by atoms with Gasteiger partial charge in [-0.25, -0.2) is 0 Å². The molecule has 172 valence electrons. The zero-order valence-electron chi connectivity index (χ0n) is 18.8. The van der Waals surface area contributed by atoms with Crippen LogP contribution in [0.2, 0.25) is 5.02 Å². The van der Waals surface area contributed by atoms with Gasteiger partial charge in [0.2, 0.25) is 5.95 Å². The molecule has 4 rings (SSSR count). The van der Waals surface area contributed by atoms with E-state index in [1.807, 2.05) is 24.3 Å². The highest BCUT2D eigenvalue weighted by atomic mass is 35.5. The van der Waals surface area contributed by atoms with Crippen molar-refractivity contribution in [2.45, 2.75) is 64.5 Å². The lowest BCUT2D eigenvalue weighted by molar-refractivity contribution is 0.481. The minimum atomic E-state index is 0.480. The van der Waals surface area contributed by atoms with Crippen molar-refractivity contribution in [2.24, 2.45) is 0 Å². The smallest absolute Gasteiger partial charge is 0.232 e. The molecule has 1 aromatic carbocycles. The number of rotatable bonds is 5. The van der Waals surface area contributed by atoms with Gasteiger partial charge >= 0.3 is 0 Å². The summed E-state index contributed by atoms with van der Waals surface area (Å²) in [4.78, 5) is 14.5. The third-order valence-electron chi connectivity index (χ3n) is 6.35. The van der Waals surface area contributed by atoms with Crippen molar-refractivity contribution in [1.82, 2.24) is 15.3 Å². The second-order valence-electron chi connectivity index (χ2n) is 8.75. The SMILES string of the molecule is C[C@@H]1CCCCN1c1cc(N2CCCCCC2)nc(NC(=S)NCc2ccccc2Cl)n1. The third kappa shape index (κ3) is 6.01. The van der Waals surface area contributed by atoms with Gasteiger partial charge in [-0.3, -0.25) is 0 Å². The van der Waals surface area contributed by atoms with Crippen LogP contribution in [-0.2, 0) is 6.54 Å². The van der Waals surface area contributed by atoms with Crippen LogP contribution >= 0.6 is 23.8 Å². The first-order valence-corrected chi connectivity index (χ1v) is 12.6. The van der Waals surface area contributed by atoms with Crippen LogP contribution < -0.4 is 20.4 Å². The Balaban J connectivity index is 1.52. The number of hydrogen-bond donors (Lipinski definition) is 2. The Morgan fingerprint density at radius 1 is 1.03 bits per heavy atom. The minimum Gasteiger partial charge on any atom is -0.358 e. The fraction of sp³-hybridized carbons (Fsp3) is 0.542. The first kappa shape index (κ1) is 23.1. The molecule has 2 aromatic rings. The Kier molecular flexibility index (Phi) is 8.03. The van der Waals surface area contributed by atoms with E-state index in [1.165, 1.54) is 44.9 Å². The number of aromatic nitrogens is 2. The van der Waals surface area contributed by atoms with E-state index in [0.29, 0.717) is 23.6 Å². The molecule has 2 N–H and O–H groups in total. The van der Waals surface area contributed by atoms with Crippen LogP contribution in [0.3, 0.4) is 0 Å². The van der Waals surface area contributed by atoms with E-state index in [4.69, 9.17) is 33.8 Å². The van der Waals surface area contributed by atoms with E-state index in [-0.39, 0.29) is 0 Å². The summed E-state index contributed by atoms with van der Waals surface area (Å²) >= 11 is 11.8. The van der Waals surface area contributed by atoms with Crippen LogP contribution in [0.25, 0.3) is 0 Å². The summed E-state index contributed by atoms with van der Waals surface area (Å²) < 4.78 is 0. The molecule has 2 saturated heterocycles. The first-order valence-electron chi connectivity index (χ1n) is 11.8. The Hall–Kier alpha value is -2.12. The molecular weight excluding hydrogens is 440 g/mol. The van der Waals surface area contributed by atoms with E-state index in [9.17, 15) is 0 Å². The van der Waals surface area contributed by atoms with Gasteiger partial charge in [0.25, 0.3) is 0 Å². The highest BCUT2D eigenvalue weighted by Crippen LogP contribution is 2.28. The average Bonchev–Trinajstić information content (AvgIpc) is 3.08. The molecule has 0 radical (unpaired) electrons. The second-order valence-corrected chi connectivity index (χ2v) is 9.56. The molecule has 1 aromatic heterocycles. The molecule has 32 heavy (non-hydrogen) atoms. The Bertz CT molecular complexity index is 915. The van der Waals surface area contributed by atoms with Gasteiger partial charge in [-0.05, 0) is 62.9 Å². The van der Waals surface area contributed by atoms with Crippen LogP contribution in [0.5, 0.6) is 0 Å². The lowest BCUT2D eigenvalue weighted by Gasteiger charge is -2.35. The molecule has 0 amide bonds. The highest BCUT2D eigenvalue weighted by molar-refractivity contribution is 7.80. The number of nitrogens with one attached hydrogen (secondary N) is 2. The molecule has 0 saturated carbocycles. The van der Waals surface area contributed by atoms with Crippen molar-refractivity contribution >= 4 is 46.5 Å². The van der Waals surface area contributed by atoms with E-state index in [0.717, 1.165) is 41.9 Å². The van der Waals surface area contributed by atoms with Crippen molar-refractivity contribution in [1.29, 1.82) is 0 Å². The van der Waals surface area contributed by atoms with Crippen LogP contribution in [-0.4, -0.2) is 40.8 Å². The number of hydrogen-bond acceptors (Lipinski definition) is 5. The zero-order valence-corrected chi connectivity index (χ0v) is 20.4. The minimum absolute atomic E-state index is 0.480. The van der Waals surface area contributed by atoms with Crippen LogP contribution in [0.1, 0.15) is 57.4 Å². The largest absolute Gasteiger partial charge is 0.358 e. The predicted octanol–water partition coefficient (Wildman–Crippen LogP) is 5.38. The summed E-state index contributed by atoms with van der Waals surface area (Å²) in [5.74, 6) is 2.53. The Morgan fingerprint density at radius 2 is 1.75 bits per heavy atom. The maximum atomic E-state index is 6.27. The van der Waals surface area contributed by atoms with Crippen molar-refractivity contribution in [3.05, 3.63) is 40.9 Å². The molecule has 0 bridgehead atoms. The van der Waals surface area contributed by atoms with Gasteiger partial charge in [0.1, 0.15) is 11.6 Å². The molecule has 3 heterocycles. The molecule has 8 heteroatoms. The highest BCUT2D eigenvalue weighted by Gasteiger charge is 2.23. The summed E-state index contributed by atoms with van der Waals surface area (Å²) in [6, 6.07) is 10.4. The normalized spacial score (nSPS) is 19.4. The van der Waals surface area contributed by atoms with Gasteiger partial charge in [-0.1, -0.05) is 42.6 Å². The van der Waals surface area contributed by atoms with Crippen molar-refractivity contribution in [2.75, 3.05) is 34.8 Å². The van der Waals surface area contributed by atoms with Gasteiger partial charge in [0.05, 0.1) is 0 Å². The lowest BCUT2D eigenvalue weighted by Crippen LogP contribution is -2.38. The maximum Gasteiger partial charge on any atom is 0.232 e. The molecule has 0 aliphatic carbocycles. The molecule has 0 spiro atoms. The fourth-order valence-corrected chi connectivity index (χ4v) is 4.85. The molecule has 1 atom stereocenters.